The van der Waals surface area contributed by atoms with Crippen LogP contribution in [0.5, 0.6) is 5.75 Å². The number of nitrogens with one attached hydrogen (secondary N) is 1. The van der Waals surface area contributed by atoms with Gasteiger partial charge in [-0.05, 0) is 69.1 Å². The fraction of sp³-hybridized carbons (Fsp3) is 0.538. The van der Waals surface area contributed by atoms with Gasteiger partial charge in [-0.25, -0.2) is 0 Å². The minimum Gasteiger partial charge on any atom is -0.484 e. The summed E-state index contributed by atoms with van der Waals surface area (Å²) in [6.07, 6.45) is 7.14. The van der Waals surface area contributed by atoms with Gasteiger partial charge in [-0.3, -0.25) is 9.79 Å². The molecule has 0 aliphatic rings. The zero-order chi connectivity index (χ0) is 24.9. The van der Waals surface area contributed by atoms with Crippen molar-refractivity contribution in [3.63, 3.8) is 0 Å². The number of aliphatic imine (C=N–C) groups is 1. The lowest BCUT2D eigenvalue weighted by molar-refractivity contribution is -0.130. The van der Waals surface area contributed by atoms with Crippen molar-refractivity contribution in [1.82, 2.24) is 14.8 Å². The van der Waals surface area contributed by atoms with Crippen LogP contribution in [0.15, 0.2) is 35.3 Å². The highest BCUT2D eigenvalue weighted by Gasteiger charge is 2.11. The number of amides is 1. The zero-order valence-electron chi connectivity index (χ0n) is 21.3. The van der Waals surface area contributed by atoms with E-state index >= 15 is 0 Å². The average molecular weight is 471 g/mol. The predicted molar refractivity (Wildman–Crippen MR) is 140 cm³/mol. The molecular weight excluding hydrogens is 428 g/mol. The van der Waals surface area contributed by atoms with Crippen molar-refractivity contribution in [3.05, 3.63) is 47.3 Å². The number of aromatic nitrogens is 1. The van der Waals surface area contributed by atoms with Crippen LogP contribution in [0.25, 0.3) is 5.69 Å². The number of carbonyl (C=O) groups excluding carboxylic acids is 1. The molecule has 2 rings (SSSR count). The van der Waals surface area contributed by atoms with Crippen LogP contribution in [-0.4, -0.2) is 55.1 Å². The molecule has 1 amide bonds. The van der Waals surface area contributed by atoms with Gasteiger partial charge in [-0.2, -0.15) is 0 Å². The van der Waals surface area contributed by atoms with Crippen LogP contribution in [0, 0.1) is 13.8 Å². The summed E-state index contributed by atoms with van der Waals surface area (Å²) in [5.74, 6) is 0.819. The highest BCUT2D eigenvalue weighted by molar-refractivity contribution is 5.77. The first-order valence-electron chi connectivity index (χ1n) is 12.2. The van der Waals surface area contributed by atoms with E-state index in [0.717, 1.165) is 31.7 Å². The molecule has 8 nitrogen and oxygen atoms in total. The monoisotopic (exact) mass is 470 g/mol. The molecule has 0 saturated carbocycles. The third-order valence-electron chi connectivity index (χ3n) is 5.86. The first kappa shape index (κ1) is 27.2. The van der Waals surface area contributed by atoms with Gasteiger partial charge in [-0.1, -0.05) is 25.7 Å². The molecule has 0 bridgehead atoms. The fourth-order valence-corrected chi connectivity index (χ4v) is 3.87. The van der Waals surface area contributed by atoms with Crippen molar-refractivity contribution >= 4 is 11.9 Å². The number of hydrogen-bond donors (Lipinski definition) is 3. The number of carbonyl (C=O) groups is 1. The Bertz CT molecular complexity index is 914. The minimum atomic E-state index is -0.0576. The standard InChI is InChI=1S/C26H42N6O2/c1-20-17-22(18-29-15-9-7-5-6-8-10-16-30-26(27)28)21(2)32(20)23-11-13-24(14-12-23)34-19-25(33)31(3)4/h11-14,17,29H,5-10,15-16,18-19H2,1-4H3,(H4,27,28,30). The Morgan fingerprint density at radius 1 is 1.03 bits per heavy atom. The smallest absolute Gasteiger partial charge is 0.259 e. The molecule has 1 aromatic carbocycles. The van der Waals surface area contributed by atoms with Crippen molar-refractivity contribution in [2.75, 3.05) is 33.8 Å². The summed E-state index contributed by atoms with van der Waals surface area (Å²) in [5, 5.41) is 3.59. The van der Waals surface area contributed by atoms with E-state index in [2.05, 4.69) is 34.8 Å². The molecule has 0 saturated heterocycles. The number of hydrogen-bond acceptors (Lipinski definition) is 4. The minimum absolute atomic E-state index is 0.0448. The summed E-state index contributed by atoms with van der Waals surface area (Å²) in [4.78, 5) is 17.2. The number of rotatable bonds is 15. The van der Waals surface area contributed by atoms with Crippen molar-refractivity contribution in [3.8, 4) is 11.4 Å². The maximum atomic E-state index is 11.7. The van der Waals surface area contributed by atoms with E-state index in [9.17, 15) is 4.79 Å². The SMILES string of the molecule is Cc1cc(CNCCCCCCCCN=C(N)N)c(C)n1-c1ccc(OCC(=O)N(C)C)cc1. The Labute approximate surface area is 204 Å². The average Bonchev–Trinajstić information content (AvgIpc) is 3.08. The largest absolute Gasteiger partial charge is 0.484 e. The summed E-state index contributed by atoms with van der Waals surface area (Å²) in [6.45, 7) is 6.96. The van der Waals surface area contributed by atoms with Gasteiger partial charge in [0.15, 0.2) is 12.6 Å². The lowest BCUT2D eigenvalue weighted by atomic mass is 10.1. The van der Waals surface area contributed by atoms with E-state index in [-0.39, 0.29) is 18.5 Å². The third-order valence-corrected chi connectivity index (χ3v) is 5.86. The van der Waals surface area contributed by atoms with Gasteiger partial charge >= 0.3 is 0 Å². The van der Waals surface area contributed by atoms with Gasteiger partial charge < -0.3 is 31.0 Å². The molecule has 0 aliphatic heterocycles. The Morgan fingerprint density at radius 2 is 1.68 bits per heavy atom. The van der Waals surface area contributed by atoms with Gasteiger partial charge in [0.2, 0.25) is 0 Å². The predicted octanol–water partition coefficient (Wildman–Crippen LogP) is 3.26. The number of ether oxygens (including phenoxy) is 1. The molecule has 0 unspecified atom stereocenters. The molecule has 0 radical (unpaired) electrons. The molecule has 0 fully saturated rings. The highest BCUT2D eigenvalue weighted by Crippen LogP contribution is 2.23. The second-order valence-electron chi connectivity index (χ2n) is 8.91. The summed E-state index contributed by atoms with van der Waals surface area (Å²) < 4.78 is 7.85. The van der Waals surface area contributed by atoms with Crippen LogP contribution >= 0.6 is 0 Å². The number of benzene rings is 1. The van der Waals surface area contributed by atoms with E-state index in [1.807, 2.05) is 24.3 Å². The van der Waals surface area contributed by atoms with Gasteiger partial charge in [0.1, 0.15) is 5.75 Å². The number of nitrogens with zero attached hydrogens (tertiary/aromatic N) is 3. The highest BCUT2D eigenvalue weighted by atomic mass is 16.5. The summed E-state index contributed by atoms with van der Waals surface area (Å²) in [6, 6.07) is 10.1. The third kappa shape index (κ3) is 9.09. The van der Waals surface area contributed by atoms with E-state index in [1.54, 1.807) is 14.1 Å². The van der Waals surface area contributed by atoms with E-state index < -0.39 is 0 Å². The molecule has 5 N–H and O–H groups in total. The van der Waals surface area contributed by atoms with Crippen LogP contribution in [0.1, 0.15) is 55.5 Å². The van der Waals surface area contributed by atoms with Gasteiger partial charge in [0.25, 0.3) is 5.91 Å². The first-order valence-corrected chi connectivity index (χ1v) is 12.2. The second kappa shape index (κ2) is 14.3. The molecule has 34 heavy (non-hydrogen) atoms. The molecule has 0 spiro atoms. The normalized spacial score (nSPS) is 10.8. The molecule has 188 valence electrons. The maximum Gasteiger partial charge on any atom is 0.259 e. The van der Waals surface area contributed by atoms with Gasteiger partial charge in [-0.15, -0.1) is 0 Å². The number of unbranched alkanes of at least 4 members (excludes halogenated alkanes) is 5. The van der Waals surface area contributed by atoms with Crippen molar-refractivity contribution in [1.29, 1.82) is 0 Å². The van der Waals surface area contributed by atoms with E-state index in [1.165, 1.54) is 54.0 Å². The molecule has 0 aliphatic carbocycles. The number of nitrogens with two attached hydrogens (primary N) is 2. The molecule has 8 heteroatoms. The van der Waals surface area contributed by atoms with Crippen LogP contribution in [0.4, 0.5) is 0 Å². The van der Waals surface area contributed by atoms with Crippen LogP contribution in [-0.2, 0) is 11.3 Å². The number of guanidine groups is 1. The number of aryl methyl sites for hydroxylation is 1. The quantitative estimate of drug-likeness (QED) is 0.210. The first-order chi connectivity index (χ1) is 16.3. The second-order valence-corrected chi connectivity index (χ2v) is 8.91. The summed E-state index contributed by atoms with van der Waals surface area (Å²) >= 11 is 0. The molecule has 0 atom stereocenters. The lowest BCUT2D eigenvalue weighted by Gasteiger charge is -2.13. The Balaban J connectivity index is 1.73. The molecular formula is C26H42N6O2. The van der Waals surface area contributed by atoms with Crippen LogP contribution in [0.2, 0.25) is 0 Å². The van der Waals surface area contributed by atoms with Crippen molar-refractivity contribution in [2.45, 2.75) is 58.9 Å². The van der Waals surface area contributed by atoms with Crippen LogP contribution < -0.4 is 21.5 Å². The zero-order valence-corrected chi connectivity index (χ0v) is 21.3. The van der Waals surface area contributed by atoms with E-state index in [0.29, 0.717) is 5.75 Å². The van der Waals surface area contributed by atoms with Crippen molar-refractivity contribution < 1.29 is 9.53 Å². The number of likely N-dealkylation sites (N-methyl/N-ethyl adjacent to an activating group) is 1. The summed E-state index contributed by atoms with van der Waals surface area (Å²) in [5.41, 5.74) is 15.5. The topological polar surface area (TPSA) is 111 Å². The van der Waals surface area contributed by atoms with E-state index in [4.69, 9.17) is 16.2 Å². The summed E-state index contributed by atoms with van der Waals surface area (Å²) in [7, 11) is 3.44. The van der Waals surface area contributed by atoms with Crippen molar-refractivity contribution in [2.24, 2.45) is 16.5 Å². The van der Waals surface area contributed by atoms with Gasteiger partial charge in [0.05, 0.1) is 0 Å². The fourth-order valence-electron chi connectivity index (χ4n) is 3.87. The maximum absolute atomic E-state index is 11.7. The molecule has 1 aromatic heterocycles. The molecule has 2 aromatic rings. The lowest BCUT2D eigenvalue weighted by Crippen LogP contribution is -2.27. The molecule has 1 heterocycles. The van der Waals surface area contributed by atoms with Gasteiger partial charge in [0, 0.05) is 44.3 Å². The Morgan fingerprint density at radius 3 is 2.32 bits per heavy atom. The Hall–Kier alpha value is -3.00. The van der Waals surface area contributed by atoms with Crippen LogP contribution in [0.3, 0.4) is 0 Å². The Kier molecular flexibility index (Phi) is 11.5.